The minimum Gasteiger partial charge on any atom is -0.480 e. The predicted molar refractivity (Wildman–Crippen MR) is 180 cm³/mol. The lowest BCUT2D eigenvalue weighted by molar-refractivity contribution is -0.142. The number of hydrogen-bond acceptors (Lipinski definition) is 4. The van der Waals surface area contributed by atoms with E-state index >= 15 is 0 Å². The van der Waals surface area contributed by atoms with Crippen molar-refractivity contribution in [2.24, 2.45) is 0 Å². The number of carbonyl (C=O) groups excluding carboxylic acids is 2. The van der Waals surface area contributed by atoms with Gasteiger partial charge in [-0.2, -0.15) is 0 Å². The van der Waals surface area contributed by atoms with Crippen molar-refractivity contribution in [3.63, 3.8) is 0 Å². The van der Waals surface area contributed by atoms with Crippen LogP contribution in [-0.4, -0.2) is 51.4 Å². The second kappa shape index (κ2) is 13.9. The van der Waals surface area contributed by atoms with E-state index in [1.54, 1.807) is 30.5 Å². The normalized spacial score (nSPS) is 12.3. The number of aromatic nitrogens is 1. The van der Waals surface area contributed by atoms with E-state index in [-0.39, 0.29) is 18.9 Å². The Bertz CT molecular complexity index is 1990. The summed E-state index contributed by atoms with van der Waals surface area (Å²) in [4.78, 5) is 47.0. The minimum atomic E-state index is -1.18. The lowest BCUT2D eigenvalue weighted by Gasteiger charge is -2.33. The number of carboxylic acid groups (broad SMARTS) is 1. The molecular weight excluding hydrogens is 574 g/mol. The summed E-state index contributed by atoms with van der Waals surface area (Å²) < 4.78 is 0. The quantitative estimate of drug-likeness (QED) is 0.174. The highest BCUT2D eigenvalue weighted by molar-refractivity contribution is 6.05. The minimum absolute atomic E-state index is 0.0334. The summed E-state index contributed by atoms with van der Waals surface area (Å²) in [6.07, 6.45) is 2.13. The van der Waals surface area contributed by atoms with E-state index < -0.39 is 24.0 Å². The Morgan fingerprint density at radius 3 is 2.02 bits per heavy atom. The topological polar surface area (TPSA) is 99.6 Å². The summed E-state index contributed by atoms with van der Waals surface area (Å²) in [6, 6.07) is 39.3. The number of amides is 2. The molecule has 0 radical (unpaired) electrons. The lowest BCUT2D eigenvalue weighted by atomic mass is 9.99. The molecule has 0 aliphatic rings. The van der Waals surface area contributed by atoms with Crippen molar-refractivity contribution >= 4 is 39.5 Å². The highest BCUT2D eigenvalue weighted by Gasteiger charge is 2.33. The first kappa shape index (κ1) is 30.2. The lowest BCUT2D eigenvalue weighted by Crippen LogP contribution is -2.53. The molecule has 0 aliphatic carbocycles. The van der Waals surface area contributed by atoms with Crippen LogP contribution in [0.5, 0.6) is 0 Å². The molecule has 228 valence electrons. The number of benzene rings is 5. The van der Waals surface area contributed by atoms with Crippen molar-refractivity contribution in [3.8, 4) is 0 Å². The second-order valence-electron chi connectivity index (χ2n) is 11.3. The number of hydrogen-bond donors (Lipinski definition) is 2. The fourth-order valence-corrected chi connectivity index (χ4v) is 5.86. The molecule has 6 aromatic rings. The molecule has 5 aromatic carbocycles. The van der Waals surface area contributed by atoms with Gasteiger partial charge in [0.1, 0.15) is 6.04 Å². The predicted octanol–water partition coefficient (Wildman–Crippen LogP) is 6.57. The molecule has 0 spiro atoms. The van der Waals surface area contributed by atoms with E-state index in [0.29, 0.717) is 23.1 Å². The number of fused-ring (bicyclic) bond motifs is 2. The highest BCUT2D eigenvalue weighted by atomic mass is 16.4. The Labute approximate surface area is 267 Å². The summed E-state index contributed by atoms with van der Waals surface area (Å²) in [5, 5.41) is 16.4. The van der Waals surface area contributed by atoms with E-state index in [1.165, 1.54) is 4.90 Å². The number of nitrogens with zero attached hydrogens (tertiary/aromatic N) is 2. The van der Waals surface area contributed by atoms with Gasteiger partial charge in [0.25, 0.3) is 11.8 Å². The number of pyridine rings is 1. The molecule has 0 aliphatic heterocycles. The summed E-state index contributed by atoms with van der Waals surface area (Å²) in [7, 11) is 0. The van der Waals surface area contributed by atoms with Crippen LogP contribution >= 0.6 is 0 Å². The molecule has 7 heteroatoms. The van der Waals surface area contributed by atoms with Crippen LogP contribution in [0.4, 0.5) is 0 Å². The van der Waals surface area contributed by atoms with Crippen molar-refractivity contribution in [2.45, 2.75) is 24.9 Å². The molecule has 2 N–H and O–H groups in total. The van der Waals surface area contributed by atoms with E-state index in [1.807, 2.05) is 109 Å². The molecule has 6 rings (SSSR count). The van der Waals surface area contributed by atoms with Gasteiger partial charge in [0, 0.05) is 30.1 Å². The molecule has 7 nitrogen and oxygen atoms in total. The average molecular weight is 608 g/mol. The van der Waals surface area contributed by atoms with Crippen LogP contribution in [0.3, 0.4) is 0 Å². The number of aliphatic carboxylic acids is 1. The SMILES string of the molecule is O=C(NC(Cc1ccccc1)CN(C(=O)c1ccc2ccccc2c1)[C@@H](Cc1ccccc1)C(=O)O)c1cccc2cccnc12. The Morgan fingerprint density at radius 1 is 0.674 bits per heavy atom. The zero-order valence-corrected chi connectivity index (χ0v) is 25.1. The van der Waals surface area contributed by atoms with Gasteiger partial charge in [-0.15, -0.1) is 0 Å². The molecule has 1 heterocycles. The van der Waals surface area contributed by atoms with Crippen LogP contribution < -0.4 is 5.32 Å². The summed E-state index contributed by atoms with van der Waals surface area (Å²) in [6.45, 7) is -0.0334. The molecule has 46 heavy (non-hydrogen) atoms. The van der Waals surface area contributed by atoms with Crippen LogP contribution in [0.15, 0.2) is 140 Å². The first-order valence-corrected chi connectivity index (χ1v) is 15.2. The molecule has 0 bridgehead atoms. The average Bonchev–Trinajstić information content (AvgIpc) is 3.09. The fourth-order valence-electron chi connectivity index (χ4n) is 5.86. The first-order chi connectivity index (χ1) is 22.5. The fraction of sp³-hybridized carbons (Fsp3) is 0.128. The summed E-state index contributed by atoms with van der Waals surface area (Å²) >= 11 is 0. The zero-order valence-electron chi connectivity index (χ0n) is 25.1. The first-order valence-electron chi connectivity index (χ1n) is 15.2. The highest BCUT2D eigenvalue weighted by Crippen LogP contribution is 2.21. The summed E-state index contributed by atoms with van der Waals surface area (Å²) in [5.41, 5.74) is 3.08. The van der Waals surface area contributed by atoms with Gasteiger partial charge in [-0.3, -0.25) is 14.6 Å². The van der Waals surface area contributed by atoms with E-state index in [9.17, 15) is 19.5 Å². The van der Waals surface area contributed by atoms with Gasteiger partial charge in [0.05, 0.1) is 17.1 Å². The van der Waals surface area contributed by atoms with Gasteiger partial charge in [-0.25, -0.2) is 4.79 Å². The molecule has 2 atom stereocenters. The number of carboxylic acids is 1. The van der Waals surface area contributed by atoms with E-state index in [2.05, 4.69) is 10.3 Å². The van der Waals surface area contributed by atoms with Gasteiger partial charge in [-0.1, -0.05) is 109 Å². The summed E-state index contributed by atoms with van der Waals surface area (Å²) in [5.74, 6) is -1.90. The third-order valence-corrected chi connectivity index (χ3v) is 8.15. The van der Waals surface area contributed by atoms with Gasteiger partial charge in [0.2, 0.25) is 0 Å². The van der Waals surface area contributed by atoms with Crippen LogP contribution in [0.1, 0.15) is 31.8 Å². The smallest absolute Gasteiger partial charge is 0.326 e. The third kappa shape index (κ3) is 6.94. The number of carbonyl (C=O) groups is 3. The number of para-hydroxylation sites is 1. The Hall–Kier alpha value is -5.82. The molecule has 1 unspecified atom stereocenters. The van der Waals surface area contributed by atoms with E-state index in [4.69, 9.17) is 0 Å². The molecule has 0 saturated heterocycles. The largest absolute Gasteiger partial charge is 0.480 e. The molecule has 1 aromatic heterocycles. The standard InChI is InChI=1S/C39H33N3O4/c43-37(34-19-9-17-30-18-10-22-40-36(30)34)41-33(23-27-11-3-1-4-12-27)26-42(35(39(45)46)24-28-13-5-2-6-14-28)38(44)32-21-20-29-15-7-8-16-31(29)25-32/h1-22,25,33,35H,23-24,26H2,(H,41,43)(H,45,46)/t33?,35-/m0/s1. The van der Waals surface area contributed by atoms with Crippen molar-refractivity contribution in [3.05, 3.63) is 162 Å². The molecule has 2 amide bonds. The van der Waals surface area contributed by atoms with Crippen LogP contribution in [-0.2, 0) is 17.6 Å². The maximum Gasteiger partial charge on any atom is 0.326 e. The third-order valence-electron chi connectivity index (χ3n) is 8.15. The van der Waals surface area contributed by atoms with Crippen molar-refractivity contribution in [2.75, 3.05) is 6.54 Å². The van der Waals surface area contributed by atoms with Gasteiger partial charge >= 0.3 is 5.97 Å². The van der Waals surface area contributed by atoms with Crippen LogP contribution in [0.25, 0.3) is 21.7 Å². The van der Waals surface area contributed by atoms with Gasteiger partial charge in [0.15, 0.2) is 0 Å². The maximum atomic E-state index is 14.4. The van der Waals surface area contributed by atoms with Crippen molar-refractivity contribution < 1.29 is 19.5 Å². The molecule has 0 saturated carbocycles. The van der Waals surface area contributed by atoms with Crippen LogP contribution in [0, 0.1) is 0 Å². The van der Waals surface area contributed by atoms with E-state index in [0.717, 1.165) is 27.3 Å². The van der Waals surface area contributed by atoms with Crippen LogP contribution in [0.2, 0.25) is 0 Å². The monoisotopic (exact) mass is 607 g/mol. The Balaban J connectivity index is 1.39. The zero-order chi connectivity index (χ0) is 31.9. The Morgan fingerprint density at radius 2 is 1.30 bits per heavy atom. The second-order valence-corrected chi connectivity index (χ2v) is 11.3. The number of nitrogens with one attached hydrogen (secondary N) is 1. The maximum absolute atomic E-state index is 14.4. The van der Waals surface area contributed by atoms with Crippen molar-refractivity contribution in [1.29, 1.82) is 0 Å². The van der Waals surface area contributed by atoms with Gasteiger partial charge < -0.3 is 15.3 Å². The Kier molecular flexibility index (Phi) is 9.11. The molecular formula is C39H33N3O4. The van der Waals surface area contributed by atoms with Gasteiger partial charge in [-0.05, 0) is 52.6 Å². The molecule has 0 fully saturated rings. The van der Waals surface area contributed by atoms with Crippen molar-refractivity contribution in [1.82, 2.24) is 15.2 Å². The number of rotatable bonds is 11.